The summed E-state index contributed by atoms with van der Waals surface area (Å²) in [5.74, 6) is 1.44. The third-order valence-corrected chi connectivity index (χ3v) is 4.25. The van der Waals surface area contributed by atoms with Gasteiger partial charge in [-0.15, -0.1) is 21.5 Å². The van der Waals surface area contributed by atoms with Crippen LogP contribution in [0.4, 0.5) is 0 Å². The van der Waals surface area contributed by atoms with Gasteiger partial charge in [-0.05, 0) is 25.7 Å². The number of aromatic nitrogens is 2. The van der Waals surface area contributed by atoms with Gasteiger partial charge in [-0.2, -0.15) is 0 Å². The van der Waals surface area contributed by atoms with Crippen molar-refractivity contribution in [3.63, 3.8) is 0 Å². The molecule has 0 unspecified atom stereocenters. The van der Waals surface area contributed by atoms with Crippen LogP contribution in [-0.4, -0.2) is 10.2 Å². The van der Waals surface area contributed by atoms with Crippen LogP contribution in [0.15, 0.2) is 0 Å². The number of hydrogen-bond acceptors (Lipinski definition) is 3. The monoisotopic (exact) mass is 224 g/mol. The first kappa shape index (κ1) is 11.1. The van der Waals surface area contributed by atoms with Crippen molar-refractivity contribution in [3.8, 4) is 0 Å². The van der Waals surface area contributed by atoms with Gasteiger partial charge < -0.3 is 0 Å². The van der Waals surface area contributed by atoms with Gasteiger partial charge in [-0.1, -0.05) is 26.7 Å². The average Bonchev–Trinajstić information content (AvgIpc) is 2.97. The minimum atomic E-state index is 0.671. The fourth-order valence-corrected chi connectivity index (χ4v) is 3.18. The van der Waals surface area contributed by atoms with Gasteiger partial charge in [0.15, 0.2) is 0 Å². The molecule has 0 N–H and O–H groups in total. The average molecular weight is 224 g/mol. The van der Waals surface area contributed by atoms with E-state index in [9.17, 15) is 0 Å². The van der Waals surface area contributed by atoms with Crippen LogP contribution in [-0.2, 0) is 0 Å². The van der Waals surface area contributed by atoms with Gasteiger partial charge in [0.2, 0.25) is 0 Å². The molecule has 1 saturated carbocycles. The van der Waals surface area contributed by atoms with Crippen LogP contribution in [0.25, 0.3) is 0 Å². The number of nitrogens with zero attached hydrogens (tertiary/aromatic N) is 2. The smallest absolute Gasteiger partial charge is 0.120 e. The van der Waals surface area contributed by atoms with Gasteiger partial charge in [0.1, 0.15) is 10.0 Å². The molecule has 1 heterocycles. The Balaban J connectivity index is 2.03. The second-order valence-electron chi connectivity index (χ2n) is 4.53. The lowest BCUT2D eigenvalue weighted by molar-refractivity contribution is 0.554. The molecule has 0 radical (unpaired) electrons. The molecule has 1 aromatic rings. The molecular formula is C12H20N2S. The minimum absolute atomic E-state index is 0.671. The van der Waals surface area contributed by atoms with Crippen molar-refractivity contribution in [1.29, 1.82) is 0 Å². The van der Waals surface area contributed by atoms with Crippen molar-refractivity contribution in [3.05, 3.63) is 10.0 Å². The Morgan fingerprint density at radius 1 is 1.20 bits per heavy atom. The molecule has 0 atom stereocenters. The summed E-state index contributed by atoms with van der Waals surface area (Å²) in [5.41, 5.74) is 0. The fraction of sp³-hybridized carbons (Fsp3) is 0.833. The highest BCUT2D eigenvalue weighted by Gasteiger charge is 2.28. The third-order valence-electron chi connectivity index (χ3n) is 3.01. The molecule has 1 aliphatic rings. The number of hydrogen-bond donors (Lipinski definition) is 0. The molecule has 0 spiro atoms. The first-order valence-electron chi connectivity index (χ1n) is 6.18. The van der Waals surface area contributed by atoms with E-state index in [0.717, 1.165) is 5.92 Å². The Morgan fingerprint density at radius 2 is 1.87 bits per heavy atom. The van der Waals surface area contributed by atoms with E-state index in [-0.39, 0.29) is 0 Å². The van der Waals surface area contributed by atoms with E-state index < -0.39 is 0 Å². The maximum atomic E-state index is 4.38. The van der Waals surface area contributed by atoms with Gasteiger partial charge in [-0.25, -0.2) is 0 Å². The first-order valence-corrected chi connectivity index (χ1v) is 7.00. The highest BCUT2D eigenvalue weighted by Crippen LogP contribution is 2.42. The summed E-state index contributed by atoms with van der Waals surface area (Å²) in [6, 6.07) is 0. The largest absolute Gasteiger partial charge is 0.143 e. The molecule has 0 saturated heterocycles. The molecule has 0 aliphatic heterocycles. The predicted molar refractivity (Wildman–Crippen MR) is 64.4 cm³/mol. The van der Waals surface area contributed by atoms with Crippen LogP contribution in [0.5, 0.6) is 0 Å². The Labute approximate surface area is 96.1 Å². The van der Waals surface area contributed by atoms with Crippen LogP contribution in [0.1, 0.15) is 74.2 Å². The Hall–Kier alpha value is -0.440. The lowest BCUT2D eigenvalue weighted by atomic mass is 9.99. The van der Waals surface area contributed by atoms with Crippen LogP contribution in [0.3, 0.4) is 0 Å². The molecule has 84 valence electrons. The Morgan fingerprint density at radius 3 is 2.40 bits per heavy atom. The Bertz CT molecular complexity index is 298. The van der Waals surface area contributed by atoms with E-state index in [0.29, 0.717) is 5.92 Å². The molecule has 0 bridgehead atoms. The highest BCUT2D eigenvalue weighted by molar-refractivity contribution is 7.11. The number of rotatable bonds is 6. The Kier molecular flexibility index (Phi) is 3.73. The van der Waals surface area contributed by atoms with Crippen molar-refractivity contribution in [1.82, 2.24) is 10.2 Å². The second-order valence-corrected chi connectivity index (χ2v) is 5.57. The van der Waals surface area contributed by atoms with Crippen molar-refractivity contribution in [2.45, 2.75) is 64.2 Å². The van der Waals surface area contributed by atoms with E-state index in [1.807, 2.05) is 11.3 Å². The molecule has 1 aliphatic carbocycles. The summed E-state index contributed by atoms with van der Waals surface area (Å²) < 4.78 is 0. The molecule has 2 nitrogen and oxygen atoms in total. The van der Waals surface area contributed by atoms with Gasteiger partial charge >= 0.3 is 0 Å². The molecule has 3 heteroatoms. The topological polar surface area (TPSA) is 25.8 Å². The maximum Gasteiger partial charge on any atom is 0.120 e. The standard InChI is InChI=1S/C12H20N2S/c1-3-5-9(6-4-2)11-13-14-12(15-11)10-7-8-10/h9-10H,3-8H2,1-2H3. The highest BCUT2D eigenvalue weighted by atomic mass is 32.1. The van der Waals surface area contributed by atoms with E-state index in [4.69, 9.17) is 0 Å². The normalized spacial score (nSPS) is 16.2. The SMILES string of the molecule is CCCC(CCC)c1nnc(C2CC2)s1. The molecule has 15 heavy (non-hydrogen) atoms. The van der Waals surface area contributed by atoms with Gasteiger partial charge in [-0.3, -0.25) is 0 Å². The van der Waals surface area contributed by atoms with Gasteiger partial charge in [0, 0.05) is 11.8 Å². The van der Waals surface area contributed by atoms with Crippen molar-refractivity contribution in [2.75, 3.05) is 0 Å². The van der Waals surface area contributed by atoms with Crippen LogP contribution < -0.4 is 0 Å². The van der Waals surface area contributed by atoms with E-state index in [1.165, 1.54) is 48.5 Å². The quantitative estimate of drug-likeness (QED) is 0.727. The molecular weight excluding hydrogens is 204 g/mol. The van der Waals surface area contributed by atoms with Crippen LogP contribution in [0.2, 0.25) is 0 Å². The fourth-order valence-electron chi connectivity index (χ4n) is 1.99. The summed E-state index contributed by atoms with van der Waals surface area (Å²) in [6.45, 7) is 4.51. The van der Waals surface area contributed by atoms with Crippen molar-refractivity contribution < 1.29 is 0 Å². The second kappa shape index (κ2) is 5.06. The van der Waals surface area contributed by atoms with Crippen molar-refractivity contribution in [2.24, 2.45) is 0 Å². The lowest BCUT2D eigenvalue weighted by Crippen LogP contribution is -1.97. The molecule has 1 fully saturated rings. The zero-order valence-corrected chi connectivity index (χ0v) is 10.5. The summed E-state index contributed by atoms with van der Waals surface area (Å²) in [5, 5.41) is 11.3. The minimum Gasteiger partial charge on any atom is -0.143 e. The van der Waals surface area contributed by atoms with Crippen LogP contribution >= 0.6 is 11.3 Å². The molecule has 1 aromatic heterocycles. The van der Waals surface area contributed by atoms with Gasteiger partial charge in [0.25, 0.3) is 0 Å². The molecule has 2 rings (SSSR count). The van der Waals surface area contributed by atoms with Crippen LogP contribution in [0, 0.1) is 0 Å². The summed E-state index contributed by atoms with van der Waals surface area (Å²) in [7, 11) is 0. The van der Waals surface area contributed by atoms with E-state index in [1.54, 1.807) is 0 Å². The maximum absolute atomic E-state index is 4.38. The lowest BCUT2D eigenvalue weighted by Gasteiger charge is -2.10. The zero-order valence-electron chi connectivity index (χ0n) is 9.70. The molecule has 0 amide bonds. The summed E-state index contributed by atoms with van der Waals surface area (Å²) in [6.07, 6.45) is 7.72. The van der Waals surface area contributed by atoms with Crippen molar-refractivity contribution >= 4 is 11.3 Å². The summed E-state index contributed by atoms with van der Waals surface area (Å²) in [4.78, 5) is 0. The first-order chi connectivity index (χ1) is 7.35. The predicted octanol–water partition coefficient (Wildman–Crippen LogP) is 4.10. The third kappa shape index (κ3) is 2.77. The van der Waals surface area contributed by atoms with E-state index >= 15 is 0 Å². The van der Waals surface area contributed by atoms with E-state index in [2.05, 4.69) is 24.0 Å². The zero-order chi connectivity index (χ0) is 10.7. The molecule has 0 aromatic carbocycles. The summed E-state index contributed by atoms with van der Waals surface area (Å²) >= 11 is 1.87. The van der Waals surface area contributed by atoms with Gasteiger partial charge in [0.05, 0.1) is 0 Å².